The van der Waals surface area contributed by atoms with E-state index in [2.05, 4.69) is 29.6 Å². The van der Waals surface area contributed by atoms with Crippen molar-refractivity contribution in [2.45, 2.75) is 38.5 Å². The summed E-state index contributed by atoms with van der Waals surface area (Å²) in [6.45, 7) is 7.70. The molecule has 1 aromatic rings. The van der Waals surface area contributed by atoms with Crippen LogP contribution in [-0.2, 0) is 11.8 Å². The predicted octanol–water partition coefficient (Wildman–Crippen LogP) is 2.33. The van der Waals surface area contributed by atoms with E-state index in [0.717, 1.165) is 24.8 Å². The Labute approximate surface area is 122 Å². The van der Waals surface area contributed by atoms with Gasteiger partial charge in [-0.05, 0) is 45.1 Å². The van der Waals surface area contributed by atoms with Crippen LogP contribution >= 0.6 is 0 Å². The van der Waals surface area contributed by atoms with E-state index in [4.69, 9.17) is 9.72 Å². The number of aryl methyl sites for hydroxylation is 2. The van der Waals surface area contributed by atoms with Crippen LogP contribution in [0, 0.1) is 12.8 Å². The van der Waals surface area contributed by atoms with Gasteiger partial charge >= 0.3 is 0 Å². The first-order chi connectivity index (χ1) is 9.72. The van der Waals surface area contributed by atoms with Crippen molar-refractivity contribution in [1.82, 2.24) is 14.5 Å². The molecule has 0 radical (unpaired) electrons. The maximum atomic E-state index is 5.47. The van der Waals surface area contributed by atoms with Gasteiger partial charge in [-0.15, -0.1) is 0 Å². The Hall–Kier alpha value is -0.870. The van der Waals surface area contributed by atoms with Crippen LogP contribution in [-0.4, -0.2) is 47.3 Å². The van der Waals surface area contributed by atoms with Crippen molar-refractivity contribution in [2.24, 2.45) is 13.0 Å². The maximum Gasteiger partial charge on any atom is 0.113 e. The number of piperidine rings is 1. The summed E-state index contributed by atoms with van der Waals surface area (Å²) in [7, 11) is 2.13. The van der Waals surface area contributed by atoms with Gasteiger partial charge < -0.3 is 14.2 Å². The molecule has 1 atom stereocenters. The van der Waals surface area contributed by atoms with Gasteiger partial charge in [-0.3, -0.25) is 0 Å². The van der Waals surface area contributed by atoms with Crippen LogP contribution in [0.1, 0.15) is 43.1 Å². The number of imidazole rings is 1. The normalized spacial score (nSPS) is 26.0. The second-order valence-electron chi connectivity index (χ2n) is 6.51. The van der Waals surface area contributed by atoms with Gasteiger partial charge in [-0.2, -0.15) is 0 Å². The van der Waals surface area contributed by atoms with E-state index in [-0.39, 0.29) is 0 Å². The third-order valence-electron chi connectivity index (χ3n) is 4.76. The first-order valence-corrected chi connectivity index (χ1v) is 8.02. The lowest BCUT2D eigenvalue weighted by Gasteiger charge is -2.35. The molecule has 2 saturated heterocycles. The average Bonchev–Trinajstić information content (AvgIpc) is 2.79. The zero-order valence-electron chi connectivity index (χ0n) is 12.8. The summed E-state index contributed by atoms with van der Waals surface area (Å²) in [6.07, 6.45) is 7.21. The fourth-order valence-corrected chi connectivity index (χ4v) is 3.74. The monoisotopic (exact) mass is 277 g/mol. The highest BCUT2D eigenvalue weighted by Crippen LogP contribution is 2.27. The third-order valence-corrected chi connectivity index (χ3v) is 4.76. The van der Waals surface area contributed by atoms with Gasteiger partial charge in [0.1, 0.15) is 5.82 Å². The summed E-state index contributed by atoms with van der Waals surface area (Å²) in [5, 5.41) is 0. The van der Waals surface area contributed by atoms with Gasteiger partial charge in [0.15, 0.2) is 0 Å². The van der Waals surface area contributed by atoms with Crippen LogP contribution < -0.4 is 0 Å². The van der Waals surface area contributed by atoms with Crippen LogP contribution in [0.4, 0.5) is 0 Å². The Kier molecular flexibility index (Phi) is 4.41. The van der Waals surface area contributed by atoms with E-state index >= 15 is 0 Å². The Morgan fingerprint density at radius 1 is 1.30 bits per heavy atom. The van der Waals surface area contributed by atoms with Crippen molar-refractivity contribution in [2.75, 3.05) is 32.8 Å². The largest absolute Gasteiger partial charge is 0.381 e. The van der Waals surface area contributed by atoms with Gasteiger partial charge in [-0.25, -0.2) is 4.98 Å². The number of aromatic nitrogens is 2. The van der Waals surface area contributed by atoms with Gasteiger partial charge in [0.05, 0.1) is 5.69 Å². The standard InChI is InChI=1S/C16H27N3O/c1-13-10-18(2)16(17-13)15-4-3-7-19(12-15)11-14-5-8-20-9-6-14/h10,14-15H,3-9,11-12H2,1-2H3/t15-/m0/s1. The molecule has 1 aromatic heterocycles. The van der Waals surface area contributed by atoms with Crippen molar-refractivity contribution in [3.05, 3.63) is 17.7 Å². The first kappa shape index (κ1) is 14.1. The van der Waals surface area contributed by atoms with Gasteiger partial charge in [-0.1, -0.05) is 0 Å². The summed E-state index contributed by atoms with van der Waals surface area (Å²) in [5.41, 5.74) is 1.14. The molecule has 0 aliphatic carbocycles. The number of rotatable bonds is 3. The molecule has 0 saturated carbocycles. The highest BCUT2D eigenvalue weighted by Gasteiger charge is 2.26. The lowest BCUT2D eigenvalue weighted by Crippen LogP contribution is -2.39. The molecule has 112 valence electrons. The molecule has 0 aromatic carbocycles. The molecule has 4 nitrogen and oxygen atoms in total. The minimum Gasteiger partial charge on any atom is -0.381 e. The van der Waals surface area contributed by atoms with Crippen molar-refractivity contribution in [3.8, 4) is 0 Å². The molecule has 0 N–H and O–H groups in total. The van der Waals surface area contributed by atoms with E-state index in [1.54, 1.807) is 0 Å². The fourth-order valence-electron chi connectivity index (χ4n) is 3.74. The second-order valence-corrected chi connectivity index (χ2v) is 6.51. The second kappa shape index (κ2) is 6.27. The average molecular weight is 277 g/mol. The van der Waals surface area contributed by atoms with Gasteiger partial charge in [0.25, 0.3) is 0 Å². The minimum absolute atomic E-state index is 0.613. The molecule has 0 bridgehead atoms. The molecule has 0 spiro atoms. The van der Waals surface area contributed by atoms with Crippen LogP contribution in [0.5, 0.6) is 0 Å². The molecular formula is C16H27N3O. The van der Waals surface area contributed by atoms with E-state index in [9.17, 15) is 0 Å². The highest BCUT2D eigenvalue weighted by molar-refractivity contribution is 5.08. The van der Waals surface area contributed by atoms with Crippen LogP contribution in [0.3, 0.4) is 0 Å². The molecule has 0 amide bonds. The van der Waals surface area contributed by atoms with E-state index in [1.165, 1.54) is 51.1 Å². The van der Waals surface area contributed by atoms with Gasteiger partial charge in [0.2, 0.25) is 0 Å². The molecule has 0 unspecified atom stereocenters. The predicted molar refractivity (Wildman–Crippen MR) is 79.9 cm³/mol. The van der Waals surface area contributed by atoms with Crippen molar-refractivity contribution < 1.29 is 4.74 Å². The van der Waals surface area contributed by atoms with Crippen molar-refractivity contribution >= 4 is 0 Å². The quantitative estimate of drug-likeness (QED) is 0.849. The lowest BCUT2D eigenvalue weighted by molar-refractivity contribution is 0.0480. The highest BCUT2D eigenvalue weighted by atomic mass is 16.5. The molecular weight excluding hydrogens is 250 g/mol. The molecule has 20 heavy (non-hydrogen) atoms. The summed E-state index contributed by atoms with van der Waals surface area (Å²) in [6, 6.07) is 0. The SMILES string of the molecule is Cc1cn(C)c([C@H]2CCCN(CC3CCOCC3)C2)n1. The Balaban J connectivity index is 1.59. The van der Waals surface area contributed by atoms with Crippen LogP contribution in [0.25, 0.3) is 0 Å². The molecule has 2 aliphatic heterocycles. The zero-order chi connectivity index (χ0) is 13.9. The zero-order valence-corrected chi connectivity index (χ0v) is 12.8. The molecule has 3 heterocycles. The van der Waals surface area contributed by atoms with Crippen LogP contribution in [0.2, 0.25) is 0 Å². The minimum atomic E-state index is 0.613. The van der Waals surface area contributed by atoms with E-state index < -0.39 is 0 Å². The lowest BCUT2D eigenvalue weighted by atomic mass is 9.94. The Morgan fingerprint density at radius 3 is 2.80 bits per heavy atom. The number of hydrogen-bond acceptors (Lipinski definition) is 3. The fraction of sp³-hybridized carbons (Fsp3) is 0.812. The Bertz CT molecular complexity index is 437. The van der Waals surface area contributed by atoms with E-state index in [0.29, 0.717) is 5.92 Å². The van der Waals surface area contributed by atoms with E-state index in [1.807, 2.05) is 0 Å². The number of hydrogen-bond donors (Lipinski definition) is 0. The molecule has 2 fully saturated rings. The maximum absolute atomic E-state index is 5.47. The number of ether oxygens (including phenoxy) is 1. The third kappa shape index (κ3) is 3.23. The number of nitrogens with zero attached hydrogens (tertiary/aromatic N) is 3. The molecule has 3 rings (SSSR count). The summed E-state index contributed by atoms with van der Waals surface area (Å²) in [4.78, 5) is 7.39. The Morgan fingerprint density at radius 2 is 2.10 bits per heavy atom. The molecule has 2 aliphatic rings. The summed E-state index contributed by atoms with van der Waals surface area (Å²) in [5.74, 6) is 2.73. The first-order valence-electron chi connectivity index (χ1n) is 8.02. The van der Waals surface area contributed by atoms with Crippen LogP contribution in [0.15, 0.2) is 6.20 Å². The summed E-state index contributed by atoms with van der Waals surface area (Å²) >= 11 is 0. The smallest absolute Gasteiger partial charge is 0.113 e. The summed E-state index contributed by atoms with van der Waals surface area (Å²) < 4.78 is 7.69. The van der Waals surface area contributed by atoms with Gasteiger partial charge in [0, 0.05) is 45.5 Å². The number of likely N-dealkylation sites (tertiary alicyclic amines) is 1. The molecule has 4 heteroatoms. The van der Waals surface area contributed by atoms with Crippen molar-refractivity contribution in [3.63, 3.8) is 0 Å². The topological polar surface area (TPSA) is 30.3 Å². The van der Waals surface area contributed by atoms with Crippen molar-refractivity contribution in [1.29, 1.82) is 0 Å².